The molecule has 0 unspecified atom stereocenters. The summed E-state index contributed by atoms with van der Waals surface area (Å²) in [5, 5.41) is 0. The number of rotatable bonds is 4. The Kier molecular flexibility index (Phi) is 4.35. The van der Waals surface area contributed by atoms with Crippen molar-refractivity contribution in [1.82, 2.24) is 0 Å². The lowest BCUT2D eigenvalue weighted by Gasteiger charge is -2.20. The van der Waals surface area contributed by atoms with E-state index in [2.05, 4.69) is 0 Å². The van der Waals surface area contributed by atoms with Gasteiger partial charge < -0.3 is 9.47 Å². The van der Waals surface area contributed by atoms with Crippen LogP contribution in [0.5, 0.6) is 0 Å². The van der Waals surface area contributed by atoms with Crippen molar-refractivity contribution in [3.05, 3.63) is 59.7 Å². The van der Waals surface area contributed by atoms with E-state index in [0.717, 1.165) is 5.56 Å². The molecule has 4 rings (SSSR count). The quantitative estimate of drug-likeness (QED) is 0.745. The summed E-state index contributed by atoms with van der Waals surface area (Å²) in [4.78, 5) is 23.8. The second-order valence-corrected chi connectivity index (χ2v) is 8.20. The Morgan fingerprint density at radius 1 is 1.15 bits per heavy atom. The summed E-state index contributed by atoms with van der Waals surface area (Å²) in [6, 6.07) is 13.0. The number of anilines is 1. The molecule has 0 N–H and O–H groups in total. The molecule has 2 heterocycles. The van der Waals surface area contributed by atoms with Gasteiger partial charge in [-0.05, 0) is 36.2 Å². The second-order valence-electron chi connectivity index (χ2n) is 6.33. The molecule has 0 bridgehead atoms. The average molecular weight is 387 g/mol. The number of hydrogen-bond acceptors (Lipinski definition) is 6. The first-order chi connectivity index (χ1) is 13.0. The van der Waals surface area contributed by atoms with Crippen LogP contribution < -0.4 is 4.31 Å². The average Bonchev–Trinajstić information content (AvgIpc) is 3.28. The van der Waals surface area contributed by atoms with Crippen LogP contribution in [-0.2, 0) is 30.7 Å². The summed E-state index contributed by atoms with van der Waals surface area (Å²) in [6.07, 6.45) is -0.00292. The summed E-state index contributed by atoms with van der Waals surface area (Å²) in [7, 11) is -3.81. The van der Waals surface area contributed by atoms with Gasteiger partial charge in [0, 0.05) is 13.0 Å². The maximum atomic E-state index is 13.1. The van der Waals surface area contributed by atoms with Gasteiger partial charge in [-0.3, -0.25) is 4.31 Å². The van der Waals surface area contributed by atoms with Gasteiger partial charge in [0.1, 0.15) is 0 Å². The van der Waals surface area contributed by atoms with Gasteiger partial charge in [-0.1, -0.05) is 24.3 Å². The maximum absolute atomic E-state index is 13.1. The highest BCUT2D eigenvalue weighted by molar-refractivity contribution is 7.92. The number of nitrogens with zero attached hydrogens (tertiary/aromatic N) is 1. The number of benzene rings is 2. The standard InChI is InChI=1S/C19H17NO6S/c21-18(26-17-9-11-25-19(17)22)14-5-3-6-15(12-14)27(23,24)20-10-8-13-4-1-2-7-16(13)20/h1-7,12,17H,8-11H2/t17-/m0/s1. The number of cyclic esters (lactones) is 1. The lowest BCUT2D eigenvalue weighted by molar-refractivity contribution is -0.145. The number of esters is 2. The van der Waals surface area contributed by atoms with Crippen LogP contribution in [0.15, 0.2) is 53.4 Å². The fourth-order valence-electron chi connectivity index (χ4n) is 3.25. The zero-order chi connectivity index (χ0) is 19.0. The van der Waals surface area contributed by atoms with E-state index in [1.54, 1.807) is 12.1 Å². The van der Waals surface area contributed by atoms with Crippen molar-refractivity contribution in [2.45, 2.75) is 23.8 Å². The Morgan fingerprint density at radius 3 is 2.74 bits per heavy atom. The van der Waals surface area contributed by atoms with E-state index < -0.39 is 28.1 Å². The van der Waals surface area contributed by atoms with Crippen molar-refractivity contribution in [2.24, 2.45) is 0 Å². The summed E-state index contributed by atoms with van der Waals surface area (Å²) in [5.41, 5.74) is 1.69. The monoisotopic (exact) mass is 387 g/mol. The van der Waals surface area contributed by atoms with Gasteiger partial charge in [0.15, 0.2) is 0 Å². The number of fused-ring (bicyclic) bond motifs is 1. The van der Waals surface area contributed by atoms with Crippen molar-refractivity contribution >= 4 is 27.6 Å². The highest BCUT2D eigenvalue weighted by Gasteiger charge is 2.33. The van der Waals surface area contributed by atoms with Gasteiger partial charge in [0.05, 0.1) is 22.8 Å². The number of carbonyl (C=O) groups excluding carboxylic acids is 2. The molecule has 2 aliphatic heterocycles. The van der Waals surface area contributed by atoms with Crippen molar-refractivity contribution in [1.29, 1.82) is 0 Å². The van der Waals surface area contributed by atoms with Crippen LogP contribution in [0, 0.1) is 0 Å². The van der Waals surface area contributed by atoms with Gasteiger partial charge in [-0.15, -0.1) is 0 Å². The Balaban J connectivity index is 1.60. The Hall–Kier alpha value is -2.87. The molecule has 8 heteroatoms. The lowest BCUT2D eigenvalue weighted by Crippen LogP contribution is -2.29. The normalized spacial score (nSPS) is 18.9. The Labute approximate surface area is 156 Å². The van der Waals surface area contributed by atoms with Crippen molar-refractivity contribution in [3.63, 3.8) is 0 Å². The summed E-state index contributed by atoms with van der Waals surface area (Å²) in [6.45, 7) is 0.559. The van der Waals surface area contributed by atoms with Crippen molar-refractivity contribution in [2.75, 3.05) is 17.5 Å². The highest BCUT2D eigenvalue weighted by Crippen LogP contribution is 2.32. The zero-order valence-electron chi connectivity index (χ0n) is 14.3. The lowest BCUT2D eigenvalue weighted by atomic mass is 10.2. The molecule has 0 aliphatic carbocycles. The van der Waals surface area contributed by atoms with E-state index in [9.17, 15) is 18.0 Å². The SMILES string of the molecule is O=C(O[C@H]1CCOC1=O)c1cccc(S(=O)(=O)N2CCc3ccccc32)c1. The molecular formula is C19H17NO6S. The molecule has 0 saturated carbocycles. The molecule has 2 aromatic carbocycles. The Bertz CT molecular complexity index is 1020. The third-order valence-corrected chi connectivity index (χ3v) is 6.45. The van der Waals surface area contributed by atoms with Crippen LogP contribution in [0.2, 0.25) is 0 Å². The smallest absolute Gasteiger partial charge is 0.347 e. The maximum Gasteiger partial charge on any atom is 0.347 e. The third-order valence-electron chi connectivity index (χ3n) is 4.64. The third kappa shape index (κ3) is 3.16. The molecule has 0 spiro atoms. The van der Waals surface area contributed by atoms with Crippen LogP contribution in [0.3, 0.4) is 0 Å². The summed E-state index contributed by atoms with van der Waals surface area (Å²) in [5.74, 6) is -1.33. The number of carbonyl (C=O) groups is 2. The topological polar surface area (TPSA) is 90.0 Å². The van der Waals surface area contributed by atoms with Gasteiger partial charge in [0.2, 0.25) is 6.10 Å². The summed E-state index contributed by atoms with van der Waals surface area (Å²) < 4.78 is 37.4. The van der Waals surface area contributed by atoms with Crippen LogP contribution in [0.1, 0.15) is 22.3 Å². The van der Waals surface area contributed by atoms with E-state index in [1.807, 2.05) is 12.1 Å². The van der Waals surface area contributed by atoms with Crippen LogP contribution >= 0.6 is 0 Å². The van der Waals surface area contributed by atoms with Gasteiger partial charge >= 0.3 is 11.9 Å². The van der Waals surface area contributed by atoms with Gasteiger partial charge in [-0.2, -0.15) is 0 Å². The fourth-order valence-corrected chi connectivity index (χ4v) is 4.80. The molecule has 1 fully saturated rings. The second kappa shape index (κ2) is 6.70. The first-order valence-corrected chi connectivity index (χ1v) is 9.99. The van der Waals surface area contributed by atoms with Crippen molar-refractivity contribution in [3.8, 4) is 0 Å². The molecule has 140 valence electrons. The minimum Gasteiger partial charge on any atom is -0.463 e. The fraction of sp³-hybridized carbons (Fsp3) is 0.263. The minimum atomic E-state index is -3.81. The molecule has 0 amide bonds. The predicted molar refractivity (Wildman–Crippen MR) is 95.9 cm³/mol. The predicted octanol–water partition coefficient (Wildman–Crippen LogP) is 1.91. The highest BCUT2D eigenvalue weighted by atomic mass is 32.2. The van der Waals surface area contributed by atoms with E-state index in [1.165, 1.54) is 28.6 Å². The van der Waals surface area contributed by atoms with Crippen molar-refractivity contribution < 1.29 is 27.5 Å². The Morgan fingerprint density at radius 2 is 1.96 bits per heavy atom. The number of ether oxygens (including phenoxy) is 2. The van der Waals surface area contributed by atoms with Crippen LogP contribution in [0.25, 0.3) is 0 Å². The molecule has 1 atom stereocenters. The molecule has 0 radical (unpaired) electrons. The molecule has 2 aromatic rings. The molecule has 2 aliphatic rings. The van der Waals surface area contributed by atoms with Gasteiger partial charge in [0.25, 0.3) is 10.0 Å². The van der Waals surface area contributed by atoms with Crippen LogP contribution in [0.4, 0.5) is 5.69 Å². The molecule has 27 heavy (non-hydrogen) atoms. The zero-order valence-corrected chi connectivity index (χ0v) is 15.1. The minimum absolute atomic E-state index is 0.00246. The molecule has 7 nitrogen and oxygen atoms in total. The first kappa shape index (κ1) is 17.5. The number of sulfonamides is 1. The first-order valence-electron chi connectivity index (χ1n) is 8.55. The number of para-hydroxylation sites is 1. The van der Waals surface area contributed by atoms with E-state index >= 15 is 0 Å². The largest absolute Gasteiger partial charge is 0.463 e. The van der Waals surface area contributed by atoms with E-state index in [4.69, 9.17) is 9.47 Å². The summed E-state index contributed by atoms with van der Waals surface area (Å²) >= 11 is 0. The molecule has 0 aromatic heterocycles. The van der Waals surface area contributed by atoms with E-state index in [0.29, 0.717) is 25.1 Å². The number of hydrogen-bond donors (Lipinski definition) is 0. The van der Waals surface area contributed by atoms with Crippen LogP contribution in [-0.4, -0.2) is 39.6 Å². The molecule has 1 saturated heterocycles. The van der Waals surface area contributed by atoms with E-state index in [-0.39, 0.29) is 17.1 Å². The van der Waals surface area contributed by atoms with Gasteiger partial charge in [-0.25, -0.2) is 18.0 Å². The molecular weight excluding hydrogens is 370 g/mol.